The number of furan rings is 1. The number of carbonyl (C=O) groups is 1. The number of rotatable bonds is 8. The molecule has 0 aliphatic carbocycles. The Balaban J connectivity index is 1.36. The van der Waals surface area contributed by atoms with Crippen molar-refractivity contribution in [1.29, 1.82) is 0 Å². The van der Waals surface area contributed by atoms with Crippen LogP contribution < -0.4 is 5.32 Å². The van der Waals surface area contributed by atoms with Gasteiger partial charge in [-0.25, -0.2) is 4.68 Å². The highest BCUT2D eigenvalue weighted by Gasteiger charge is 2.20. The Hall–Kier alpha value is -3.04. The zero-order valence-electron chi connectivity index (χ0n) is 16.1. The standard InChI is InChI=1S/C20H24N6O3/c27-19(21-20(17-7-4-12-29-17)16-5-2-1-3-6-16)8-9-26-18(22-23-24-26)15-25-10-13-28-14-11-25/h1-7,12,20H,8-11,13-15H2,(H,21,27)/t20-/m1/s1. The second-order valence-electron chi connectivity index (χ2n) is 6.88. The number of aromatic nitrogens is 4. The van der Waals surface area contributed by atoms with E-state index >= 15 is 0 Å². The van der Waals surface area contributed by atoms with Gasteiger partial charge in [0, 0.05) is 19.5 Å². The number of amides is 1. The largest absolute Gasteiger partial charge is 0.467 e. The molecule has 9 heteroatoms. The Kier molecular flexibility index (Phi) is 6.28. The van der Waals surface area contributed by atoms with E-state index in [0.29, 0.717) is 18.8 Å². The van der Waals surface area contributed by atoms with Gasteiger partial charge in [0.25, 0.3) is 0 Å². The zero-order chi connectivity index (χ0) is 19.9. The quantitative estimate of drug-likeness (QED) is 0.614. The molecule has 1 atom stereocenters. The molecule has 1 aromatic carbocycles. The summed E-state index contributed by atoms with van der Waals surface area (Å²) in [4.78, 5) is 14.9. The van der Waals surface area contributed by atoms with Crippen LogP contribution in [0.3, 0.4) is 0 Å². The molecule has 1 fully saturated rings. The SMILES string of the molecule is O=C(CCn1nnnc1CN1CCOCC1)N[C@H](c1ccccc1)c1ccco1. The molecule has 9 nitrogen and oxygen atoms in total. The lowest BCUT2D eigenvalue weighted by Crippen LogP contribution is -2.36. The van der Waals surface area contributed by atoms with Crippen LogP contribution in [0, 0.1) is 0 Å². The van der Waals surface area contributed by atoms with Gasteiger partial charge in [0.05, 0.1) is 32.6 Å². The van der Waals surface area contributed by atoms with Crippen molar-refractivity contribution in [2.45, 2.75) is 25.6 Å². The number of aryl methyl sites for hydroxylation is 1. The average molecular weight is 396 g/mol. The monoisotopic (exact) mass is 396 g/mol. The van der Waals surface area contributed by atoms with Gasteiger partial charge in [0.2, 0.25) is 5.91 Å². The third-order valence-corrected chi connectivity index (χ3v) is 4.89. The molecule has 1 N–H and O–H groups in total. The Labute approximate surface area is 168 Å². The molecular weight excluding hydrogens is 372 g/mol. The van der Waals surface area contributed by atoms with E-state index in [0.717, 1.165) is 37.7 Å². The van der Waals surface area contributed by atoms with Crippen LogP contribution in [0.5, 0.6) is 0 Å². The van der Waals surface area contributed by atoms with Gasteiger partial charge in [-0.3, -0.25) is 9.69 Å². The molecule has 2 aromatic heterocycles. The Bertz CT molecular complexity index is 890. The van der Waals surface area contributed by atoms with Gasteiger partial charge in [-0.1, -0.05) is 30.3 Å². The third kappa shape index (κ3) is 5.07. The van der Waals surface area contributed by atoms with E-state index in [-0.39, 0.29) is 18.4 Å². The van der Waals surface area contributed by atoms with Crippen molar-refractivity contribution in [3.8, 4) is 0 Å². The van der Waals surface area contributed by atoms with Crippen molar-refractivity contribution in [3.05, 3.63) is 65.9 Å². The number of morpholine rings is 1. The number of nitrogens with zero attached hydrogens (tertiary/aromatic N) is 5. The highest BCUT2D eigenvalue weighted by atomic mass is 16.5. The van der Waals surface area contributed by atoms with Crippen LogP contribution in [0.1, 0.15) is 29.6 Å². The lowest BCUT2D eigenvalue weighted by Gasteiger charge is -2.25. The van der Waals surface area contributed by atoms with Crippen LogP contribution in [0.4, 0.5) is 0 Å². The molecule has 0 unspecified atom stereocenters. The van der Waals surface area contributed by atoms with Crippen LogP contribution in [0.25, 0.3) is 0 Å². The van der Waals surface area contributed by atoms with Gasteiger partial charge in [-0.05, 0) is 28.1 Å². The highest BCUT2D eigenvalue weighted by molar-refractivity contribution is 5.76. The summed E-state index contributed by atoms with van der Waals surface area (Å²) in [7, 11) is 0. The van der Waals surface area contributed by atoms with Crippen molar-refractivity contribution in [3.63, 3.8) is 0 Å². The molecule has 3 heterocycles. The minimum atomic E-state index is -0.333. The Morgan fingerprint density at radius 1 is 1.14 bits per heavy atom. The van der Waals surface area contributed by atoms with Crippen LogP contribution in [0.15, 0.2) is 53.1 Å². The first-order valence-corrected chi connectivity index (χ1v) is 9.72. The zero-order valence-corrected chi connectivity index (χ0v) is 16.1. The first-order valence-electron chi connectivity index (χ1n) is 9.72. The smallest absolute Gasteiger partial charge is 0.222 e. The number of hydrogen-bond acceptors (Lipinski definition) is 7. The number of ether oxygens (including phenoxy) is 1. The second-order valence-corrected chi connectivity index (χ2v) is 6.88. The molecule has 1 saturated heterocycles. The summed E-state index contributed by atoms with van der Waals surface area (Å²) < 4.78 is 12.6. The molecule has 3 aromatic rings. The molecule has 0 spiro atoms. The van der Waals surface area contributed by atoms with E-state index in [1.54, 1.807) is 10.9 Å². The van der Waals surface area contributed by atoms with Crippen molar-refractivity contribution in [2.24, 2.45) is 0 Å². The minimum Gasteiger partial charge on any atom is -0.467 e. The van der Waals surface area contributed by atoms with E-state index in [4.69, 9.17) is 9.15 Å². The molecule has 0 bridgehead atoms. The van der Waals surface area contributed by atoms with Gasteiger partial charge in [0.15, 0.2) is 5.82 Å². The van der Waals surface area contributed by atoms with E-state index in [1.165, 1.54) is 0 Å². The Morgan fingerprint density at radius 3 is 2.72 bits per heavy atom. The highest BCUT2D eigenvalue weighted by Crippen LogP contribution is 2.22. The first-order chi connectivity index (χ1) is 14.3. The molecule has 29 heavy (non-hydrogen) atoms. The predicted octanol–water partition coefficient (Wildman–Crippen LogP) is 1.39. The molecular formula is C20H24N6O3. The summed E-state index contributed by atoms with van der Waals surface area (Å²) in [6.07, 6.45) is 1.88. The van der Waals surface area contributed by atoms with E-state index < -0.39 is 0 Å². The average Bonchev–Trinajstić information content (AvgIpc) is 3.44. The molecule has 0 radical (unpaired) electrons. The normalized spacial score (nSPS) is 15.9. The van der Waals surface area contributed by atoms with Gasteiger partial charge in [0.1, 0.15) is 11.8 Å². The van der Waals surface area contributed by atoms with Crippen molar-refractivity contribution in [2.75, 3.05) is 26.3 Å². The van der Waals surface area contributed by atoms with E-state index in [9.17, 15) is 4.79 Å². The maximum atomic E-state index is 12.7. The fourth-order valence-corrected chi connectivity index (χ4v) is 3.33. The summed E-state index contributed by atoms with van der Waals surface area (Å²) in [6, 6.07) is 13.1. The lowest BCUT2D eigenvalue weighted by atomic mass is 10.0. The topological polar surface area (TPSA) is 98.3 Å². The molecule has 4 rings (SSSR count). The number of nitrogens with one attached hydrogen (secondary N) is 1. The van der Waals surface area contributed by atoms with Crippen molar-refractivity contribution >= 4 is 5.91 Å². The number of tetrazole rings is 1. The summed E-state index contributed by atoms with van der Waals surface area (Å²) in [5.41, 5.74) is 0.964. The van der Waals surface area contributed by atoms with Gasteiger partial charge >= 0.3 is 0 Å². The van der Waals surface area contributed by atoms with Crippen LogP contribution in [-0.2, 0) is 22.6 Å². The summed E-state index contributed by atoms with van der Waals surface area (Å²) in [5, 5.41) is 15.0. The van der Waals surface area contributed by atoms with Crippen LogP contribution in [0.2, 0.25) is 0 Å². The molecule has 1 aliphatic rings. The maximum absolute atomic E-state index is 12.7. The van der Waals surface area contributed by atoms with Gasteiger partial charge in [-0.15, -0.1) is 5.10 Å². The second kappa shape index (κ2) is 9.44. The van der Waals surface area contributed by atoms with Crippen molar-refractivity contribution < 1.29 is 13.9 Å². The van der Waals surface area contributed by atoms with Crippen molar-refractivity contribution in [1.82, 2.24) is 30.4 Å². The van der Waals surface area contributed by atoms with Gasteiger partial charge in [-0.2, -0.15) is 0 Å². The summed E-state index contributed by atoms with van der Waals surface area (Å²) in [5.74, 6) is 1.35. The fourth-order valence-electron chi connectivity index (χ4n) is 3.33. The number of carbonyl (C=O) groups excluding carboxylic acids is 1. The van der Waals surface area contributed by atoms with E-state index in [1.807, 2.05) is 42.5 Å². The lowest BCUT2D eigenvalue weighted by molar-refractivity contribution is -0.122. The van der Waals surface area contributed by atoms with Gasteiger partial charge < -0.3 is 14.5 Å². The number of benzene rings is 1. The Morgan fingerprint density at radius 2 is 1.97 bits per heavy atom. The molecule has 152 valence electrons. The maximum Gasteiger partial charge on any atom is 0.222 e. The summed E-state index contributed by atoms with van der Waals surface area (Å²) in [6.45, 7) is 4.22. The molecule has 0 saturated carbocycles. The van der Waals surface area contributed by atoms with E-state index in [2.05, 4.69) is 25.7 Å². The first kappa shape index (κ1) is 19.3. The van der Waals surface area contributed by atoms with Crippen LogP contribution >= 0.6 is 0 Å². The molecule has 1 aliphatic heterocycles. The predicted molar refractivity (Wildman–Crippen MR) is 104 cm³/mol. The number of hydrogen-bond donors (Lipinski definition) is 1. The molecule has 1 amide bonds. The minimum absolute atomic E-state index is 0.0944. The van der Waals surface area contributed by atoms with Crippen LogP contribution in [-0.4, -0.2) is 57.3 Å². The fraction of sp³-hybridized carbons (Fsp3) is 0.400. The third-order valence-electron chi connectivity index (χ3n) is 4.89. The summed E-state index contributed by atoms with van der Waals surface area (Å²) >= 11 is 0.